The number of para-hydroxylation sites is 1. The number of hydrazone groups is 1. The average molecular weight is 372 g/mol. The predicted molar refractivity (Wildman–Crippen MR) is 105 cm³/mol. The molecule has 1 amide bonds. The van der Waals surface area contributed by atoms with Crippen molar-refractivity contribution in [3.05, 3.63) is 62.9 Å². The van der Waals surface area contributed by atoms with Gasteiger partial charge in [-0.1, -0.05) is 43.1 Å². The highest BCUT2D eigenvalue weighted by molar-refractivity contribution is 7.18. The van der Waals surface area contributed by atoms with Gasteiger partial charge in [-0.2, -0.15) is 5.10 Å². The summed E-state index contributed by atoms with van der Waals surface area (Å²) in [5.74, 6) is -0.238. The molecule has 6 heteroatoms. The molecule has 4 nitrogen and oxygen atoms in total. The molecule has 1 aromatic carbocycles. The third-order valence-electron chi connectivity index (χ3n) is 3.73. The minimum Gasteiger partial charge on any atom is -0.267 e. The van der Waals surface area contributed by atoms with E-state index in [1.807, 2.05) is 43.3 Å². The Morgan fingerprint density at radius 2 is 2.08 bits per heavy atom. The first-order valence-electron chi connectivity index (χ1n) is 8.07. The molecule has 3 aromatic rings. The van der Waals surface area contributed by atoms with Crippen LogP contribution in [-0.2, 0) is 0 Å². The number of hydrogen-bond acceptors (Lipinski definition) is 4. The summed E-state index contributed by atoms with van der Waals surface area (Å²) in [6, 6.07) is 13.2. The number of rotatable bonds is 5. The molecule has 3 rings (SSSR count). The van der Waals surface area contributed by atoms with Crippen LogP contribution < -0.4 is 5.43 Å². The summed E-state index contributed by atoms with van der Waals surface area (Å²) < 4.78 is 0.709. The molecule has 25 heavy (non-hydrogen) atoms. The van der Waals surface area contributed by atoms with Crippen LogP contribution >= 0.6 is 22.9 Å². The van der Waals surface area contributed by atoms with Gasteiger partial charge in [-0.05, 0) is 37.6 Å². The number of fused-ring (bicyclic) bond motifs is 1. The summed E-state index contributed by atoms with van der Waals surface area (Å²) in [5, 5.41) is 5.17. The maximum Gasteiger partial charge on any atom is 0.272 e. The fourth-order valence-electron chi connectivity index (χ4n) is 2.61. The molecule has 2 heterocycles. The van der Waals surface area contributed by atoms with Gasteiger partial charge in [0.2, 0.25) is 0 Å². The minimum atomic E-state index is -0.238. The molecule has 1 N–H and O–H groups in total. The number of carbonyl (C=O) groups is 1. The Labute approximate surface area is 155 Å². The van der Waals surface area contributed by atoms with Crippen LogP contribution in [-0.4, -0.2) is 16.6 Å². The van der Waals surface area contributed by atoms with Crippen LogP contribution in [0.25, 0.3) is 10.9 Å². The highest BCUT2D eigenvalue weighted by Gasteiger charge is 2.12. The molecule has 0 bridgehead atoms. The fraction of sp³-hybridized carbons (Fsp3) is 0.211. The van der Waals surface area contributed by atoms with Gasteiger partial charge in [-0.3, -0.25) is 9.78 Å². The quantitative estimate of drug-likeness (QED) is 0.495. The number of thiophene rings is 1. The number of hydrogen-bond donors (Lipinski definition) is 1. The second-order valence-electron chi connectivity index (χ2n) is 5.68. The van der Waals surface area contributed by atoms with E-state index < -0.39 is 0 Å². The van der Waals surface area contributed by atoms with Crippen LogP contribution in [0.1, 0.15) is 40.7 Å². The fourth-order valence-corrected chi connectivity index (χ4v) is 3.67. The van der Waals surface area contributed by atoms with Crippen molar-refractivity contribution in [3.63, 3.8) is 0 Å². The summed E-state index contributed by atoms with van der Waals surface area (Å²) in [6.45, 7) is 3.95. The number of aryl methyl sites for hydroxylation is 1. The molecule has 0 aliphatic rings. The zero-order chi connectivity index (χ0) is 17.8. The van der Waals surface area contributed by atoms with Gasteiger partial charge in [-0.15, -0.1) is 11.3 Å². The molecule has 0 saturated heterocycles. The summed E-state index contributed by atoms with van der Waals surface area (Å²) in [7, 11) is 0. The highest BCUT2D eigenvalue weighted by atomic mass is 35.5. The standard InChI is InChI=1S/C19H18ClN3OS/c1-3-6-16(17-9-10-18(20)25-17)22-23-19(24)14-11-12(2)21-15-8-5-4-7-13(14)15/h4-5,7-11H,3,6H2,1-2H3,(H,23,24). The largest absolute Gasteiger partial charge is 0.272 e. The lowest BCUT2D eigenvalue weighted by Crippen LogP contribution is -2.20. The normalized spacial score (nSPS) is 11.7. The van der Waals surface area contributed by atoms with E-state index in [4.69, 9.17) is 11.6 Å². The van der Waals surface area contributed by atoms with Crippen LogP contribution in [0.3, 0.4) is 0 Å². The van der Waals surface area contributed by atoms with Crippen molar-refractivity contribution < 1.29 is 4.79 Å². The minimum absolute atomic E-state index is 0.238. The first-order valence-corrected chi connectivity index (χ1v) is 9.27. The average Bonchev–Trinajstić information content (AvgIpc) is 3.03. The van der Waals surface area contributed by atoms with Crippen molar-refractivity contribution in [2.45, 2.75) is 26.7 Å². The first kappa shape index (κ1) is 17.6. The van der Waals surface area contributed by atoms with Gasteiger partial charge in [0.15, 0.2) is 0 Å². The second-order valence-corrected chi connectivity index (χ2v) is 7.40. The van der Waals surface area contributed by atoms with Gasteiger partial charge in [-0.25, -0.2) is 5.43 Å². The summed E-state index contributed by atoms with van der Waals surface area (Å²) >= 11 is 7.48. The van der Waals surface area contributed by atoms with Gasteiger partial charge >= 0.3 is 0 Å². The van der Waals surface area contributed by atoms with Crippen molar-refractivity contribution in [3.8, 4) is 0 Å². The smallest absolute Gasteiger partial charge is 0.267 e. The van der Waals surface area contributed by atoms with Crippen LogP contribution in [0.2, 0.25) is 4.34 Å². The number of nitrogens with zero attached hydrogens (tertiary/aromatic N) is 2. The number of amides is 1. The number of carbonyl (C=O) groups excluding carboxylic acids is 1. The van der Waals surface area contributed by atoms with Crippen molar-refractivity contribution in [2.75, 3.05) is 0 Å². The van der Waals surface area contributed by atoms with E-state index in [-0.39, 0.29) is 5.91 Å². The molecule has 0 aliphatic heterocycles. The van der Waals surface area contributed by atoms with E-state index in [9.17, 15) is 4.79 Å². The van der Waals surface area contributed by atoms with E-state index in [1.54, 1.807) is 6.07 Å². The molecule has 0 fully saturated rings. The van der Waals surface area contributed by atoms with Gasteiger partial charge in [0.05, 0.1) is 26.0 Å². The Morgan fingerprint density at radius 1 is 1.28 bits per heavy atom. The first-order chi connectivity index (χ1) is 12.1. The van der Waals surface area contributed by atoms with Crippen LogP contribution in [0.15, 0.2) is 47.6 Å². The van der Waals surface area contributed by atoms with Crippen molar-refractivity contribution in [2.24, 2.45) is 5.10 Å². The Hall–Kier alpha value is -2.24. The van der Waals surface area contributed by atoms with Gasteiger partial charge in [0.1, 0.15) is 0 Å². The van der Waals surface area contributed by atoms with E-state index in [2.05, 4.69) is 22.4 Å². The summed E-state index contributed by atoms with van der Waals surface area (Å²) in [4.78, 5) is 18.1. The predicted octanol–water partition coefficient (Wildman–Crippen LogP) is 5.19. The van der Waals surface area contributed by atoms with Gasteiger partial charge in [0, 0.05) is 11.1 Å². The van der Waals surface area contributed by atoms with Crippen molar-refractivity contribution in [1.29, 1.82) is 0 Å². The lowest BCUT2D eigenvalue weighted by atomic mass is 10.1. The Balaban J connectivity index is 1.91. The van der Waals surface area contributed by atoms with Crippen LogP contribution in [0.4, 0.5) is 0 Å². The van der Waals surface area contributed by atoms with E-state index in [0.29, 0.717) is 9.90 Å². The Bertz CT molecular complexity index is 949. The van der Waals surface area contributed by atoms with Gasteiger partial charge in [0.25, 0.3) is 5.91 Å². The van der Waals surface area contributed by atoms with Crippen LogP contribution in [0, 0.1) is 6.92 Å². The monoisotopic (exact) mass is 371 g/mol. The maximum atomic E-state index is 12.7. The lowest BCUT2D eigenvalue weighted by molar-refractivity contribution is 0.0956. The highest BCUT2D eigenvalue weighted by Crippen LogP contribution is 2.23. The molecule has 0 saturated carbocycles. The number of pyridine rings is 1. The molecule has 0 spiro atoms. The zero-order valence-electron chi connectivity index (χ0n) is 14.0. The zero-order valence-corrected chi connectivity index (χ0v) is 15.6. The molecular formula is C19H18ClN3OS. The van der Waals surface area contributed by atoms with E-state index >= 15 is 0 Å². The molecule has 128 valence electrons. The third-order valence-corrected chi connectivity index (χ3v) is 5.01. The second kappa shape index (κ2) is 7.76. The number of aromatic nitrogens is 1. The molecule has 0 radical (unpaired) electrons. The number of halogens is 1. The van der Waals surface area contributed by atoms with E-state index in [0.717, 1.165) is 40.0 Å². The van der Waals surface area contributed by atoms with Crippen molar-refractivity contribution in [1.82, 2.24) is 10.4 Å². The maximum absolute atomic E-state index is 12.7. The molecule has 0 unspecified atom stereocenters. The molecule has 2 aromatic heterocycles. The van der Waals surface area contributed by atoms with Crippen molar-refractivity contribution >= 4 is 45.5 Å². The lowest BCUT2D eigenvalue weighted by Gasteiger charge is -2.08. The topological polar surface area (TPSA) is 54.4 Å². The Morgan fingerprint density at radius 3 is 2.80 bits per heavy atom. The summed E-state index contributed by atoms with van der Waals surface area (Å²) in [6.07, 6.45) is 1.70. The number of nitrogens with one attached hydrogen (secondary N) is 1. The summed E-state index contributed by atoms with van der Waals surface area (Å²) in [5.41, 5.74) is 5.71. The van der Waals surface area contributed by atoms with Crippen LogP contribution in [0.5, 0.6) is 0 Å². The Kier molecular flexibility index (Phi) is 5.46. The molecular weight excluding hydrogens is 354 g/mol. The molecule has 0 atom stereocenters. The van der Waals surface area contributed by atoms with E-state index in [1.165, 1.54) is 11.3 Å². The molecule has 0 aliphatic carbocycles. The number of benzene rings is 1. The van der Waals surface area contributed by atoms with Gasteiger partial charge < -0.3 is 0 Å². The third kappa shape index (κ3) is 4.06. The SMILES string of the molecule is CCCC(=NNC(=O)c1cc(C)nc2ccccc12)c1ccc(Cl)s1.